The Bertz CT molecular complexity index is 557. The minimum absolute atomic E-state index is 0.299. The molecule has 3 nitrogen and oxygen atoms in total. The van der Waals surface area contributed by atoms with Crippen LogP contribution in [0.15, 0.2) is 34.4 Å². The average Bonchev–Trinajstić information content (AvgIpc) is 2.30. The molecule has 0 aliphatic rings. The van der Waals surface area contributed by atoms with Gasteiger partial charge < -0.3 is 5.73 Å². The highest BCUT2D eigenvalue weighted by atomic mass is 35.5. The van der Waals surface area contributed by atoms with Crippen molar-refractivity contribution in [3.05, 3.63) is 40.8 Å². The van der Waals surface area contributed by atoms with Crippen molar-refractivity contribution < 1.29 is 0 Å². The molecule has 88 valence electrons. The van der Waals surface area contributed by atoms with Crippen molar-refractivity contribution in [2.24, 2.45) is 0 Å². The average molecular weight is 266 g/mol. The van der Waals surface area contributed by atoms with E-state index in [0.29, 0.717) is 15.9 Å². The van der Waals surface area contributed by atoms with E-state index in [1.54, 1.807) is 0 Å². The van der Waals surface area contributed by atoms with E-state index in [-0.39, 0.29) is 0 Å². The lowest BCUT2D eigenvalue weighted by molar-refractivity contribution is 1.05. The molecule has 0 saturated carbocycles. The van der Waals surface area contributed by atoms with Gasteiger partial charge in [-0.15, -0.1) is 0 Å². The Morgan fingerprint density at radius 2 is 2.00 bits per heavy atom. The number of aromatic nitrogens is 2. The molecule has 0 amide bonds. The third-order valence-corrected chi connectivity index (χ3v) is 3.83. The van der Waals surface area contributed by atoms with E-state index in [0.717, 1.165) is 4.90 Å². The molecule has 2 rings (SSSR count). The fourth-order valence-corrected chi connectivity index (χ4v) is 2.54. The van der Waals surface area contributed by atoms with Crippen molar-refractivity contribution in [1.82, 2.24) is 9.97 Å². The second-order valence-electron chi connectivity index (χ2n) is 3.75. The number of nitrogens with zero attached hydrogens (tertiary/aromatic N) is 2. The zero-order valence-electron chi connectivity index (χ0n) is 9.57. The maximum atomic E-state index is 5.86. The minimum Gasteiger partial charge on any atom is -0.394 e. The second kappa shape index (κ2) is 4.94. The molecule has 0 saturated heterocycles. The number of hydrogen-bond acceptors (Lipinski definition) is 4. The Hall–Kier alpha value is -1.26. The summed E-state index contributed by atoms with van der Waals surface area (Å²) in [6, 6.07) is 6.27. The van der Waals surface area contributed by atoms with Crippen LogP contribution in [0.3, 0.4) is 0 Å². The summed E-state index contributed by atoms with van der Waals surface area (Å²) in [6.07, 6.45) is 1.42. The van der Waals surface area contributed by atoms with Gasteiger partial charge in [-0.2, -0.15) is 0 Å². The van der Waals surface area contributed by atoms with E-state index in [2.05, 4.69) is 42.0 Å². The molecule has 1 heterocycles. The second-order valence-corrected chi connectivity index (χ2v) is 5.14. The summed E-state index contributed by atoms with van der Waals surface area (Å²) in [4.78, 5) is 9.12. The third kappa shape index (κ3) is 2.70. The summed E-state index contributed by atoms with van der Waals surface area (Å²) in [6.45, 7) is 4.11. The Kier molecular flexibility index (Phi) is 3.54. The molecule has 17 heavy (non-hydrogen) atoms. The minimum atomic E-state index is 0.299. The summed E-state index contributed by atoms with van der Waals surface area (Å²) in [5.41, 5.74) is 8.67. The number of hydrogen-bond donors (Lipinski definition) is 1. The molecule has 0 atom stereocenters. The van der Waals surface area contributed by atoms with Gasteiger partial charge in [-0.1, -0.05) is 35.5 Å². The molecular formula is C12H12ClN3S. The normalized spacial score (nSPS) is 10.5. The van der Waals surface area contributed by atoms with Crippen LogP contribution >= 0.6 is 23.4 Å². The molecule has 2 aromatic rings. The number of anilines is 1. The lowest BCUT2D eigenvalue weighted by Crippen LogP contribution is -1.95. The fourth-order valence-electron chi connectivity index (χ4n) is 1.36. The monoisotopic (exact) mass is 265 g/mol. The van der Waals surface area contributed by atoms with Gasteiger partial charge in [0.15, 0.2) is 5.15 Å². The van der Waals surface area contributed by atoms with E-state index in [9.17, 15) is 0 Å². The summed E-state index contributed by atoms with van der Waals surface area (Å²) < 4.78 is 0. The van der Waals surface area contributed by atoms with Crippen LogP contribution in [-0.4, -0.2) is 9.97 Å². The van der Waals surface area contributed by atoms with Crippen molar-refractivity contribution in [3.8, 4) is 0 Å². The molecule has 5 heteroatoms. The first-order valence-corrected chi connectivity index (χ1v) is 6.28. The van der Waals surface area contributed by atoms with E-state index in [4.69, 9.17) is 17.3 Å². The molecular weight excluding hydrogens is 254 g/mol. The summed E-state index contributed by atoms with van der Waals surface area (Å²) >= 11 is 7.37. The highest BCUT2D eigenvalue weighted by molar-refractivity contribution is 7.99. The first-order valence-electron chi connectivity index (χ1n) is 5.09. The van der Waals surface area contributed by atoms with E-state index < -0.39 is 0 Å². The first-order chi connectivity index (χ1) is 8.08. The van der Waals surface area contributed by atoms with Crippen LogP contribution < -0.4 is 5.73 Å². The highest BCUT2D eigenvalue weighted by Crippen LogP contribution is 2.34. The molecule has 0 aliphatic heterocycles. The predicted molar refractivity (Wildman–Crippen MR) is 71.5 cm³/mol. The Labute approximate surface area is 109 Å². The van der Waals surface area contributed by atoms with Crippen molar-refractivity contribution in [2.45, 2.75) is 23.8 Å². The Balaban J connectivity index is 2.38. The molecule has 0 aliphatic carbocycles. The molecule has 0 radical (unpaired) electrons. The zero-order valence-corrected chi connectivity index (χ0v) is 11.1. The summed E-state index contributed by atoms with van der Waals surface area (Å²) in [5.74, 6) is 0. The van der Waals surface area contributed by atoms with Crippen LogP contribution in [0.4, 0.5) is 5.69 Å². The van der Waals surface area contributed by atoms with Gasteiger partial charge in [0.1, 0.15) is 17.0 Å². The van der Waals surface area contributed by atoms with Crippen LogP contribution in [0.5, 0.6) is 0 Å². The molecule has 1 aromatic carbocycles. The van der Waals surface area contributed by atoms with Crippen LogP contribution in [0.1, 0.15) is 11.1 Å². The van der Waals surface area contributed by atoms with Crippen molar-refractivity contribution in [2.75, 3.05) is 5.73 Å². The van der Waals surface area contributed by atoms with Crippen molar-refractivity contribution in [3.63, 3.8) is 0 Å². The summed E-state index contributed by atoms with van der Waals surface area (Å²) in [7, 11) is 0. The maximum Gasteiger partial charge on any atom is 0.156 e. The quantitative estimate of drug-likeness (QED) is 0.845. The van der Waals surface area contributed by atoms with Crippen molar-refractivity contribution in [1.29, 1.82) is 0 Å². The van der Waals surface area contributed by atoms with E-state index in [1.807, 2.05) is 0 Å². The van der Waals surface area contributed by atoms with Gasteiger partial charge >= 0.3 is 0 Å². The Morgan fingerprint density at radius 3 is 2.76 bits per heavy atom. The molecule has 0 unspecified atom stereocenters. The lowest BCUT2D eigenvalue weighted by Gasteiger charge is -2.08. The standard InChI is InChI=1S/C12H12ClN3S/c1-7-3-4-8(2)9(5-7)17-12-10(14)11(13)15-6-16-12/h3-6H,14H2,1-2H3. The number of aryl methyl sites for hydroxylation is 2. The summed E-state index contributed by atoms with van der Waals surface area (Å²) in [5, 5.41) is 0.992. The van der Waals surface area contributed by atoms with Crippen molar-refractivity contribution >= 4 is 29.1 Å². The van der Waals surface area contributed by atoms with Gasteiger partial charge in [-0.3, -0.25) is 0 Å². The topological polar surface area (TPSA) is 51.8 Å². The number of benzene rings is 1. The van der Waals surface area contributed by atoms with Crippen LogP contribution in [0.25, 0.3) is 0 Å². The highest BCUT2D eigenvalue weighted by Gasteiger charge is 2.09. The van der Waals surface area contributed by atoms with Gasteiger partial charge in [0.05, 0.1) is 0 Å². The number of rotatable bonds is 2. The SMILES string of the molecule is Cc1ccc(C)c(Sc2ncnc(Cl)c2N)c1. The van der Waals surface area contributed by atoms with Crippen LogP contribution in [-0.2, 0) is 0 Å². The fraction of sp³-hybridized carbons (Fsp3) is 0.167. The van der Waals surface area contributed by atoms with Crippen LogP contribution in [0, 0.1) is 13.8 Å². The number of nitrogen functional groups attached to an aromatic ring is 1. The van der Waals surface area contributed by atoms with Gasteiger partial charge in [0, 0.05) is 4.90 Å². The Morgan fingerprint density at radius 1 is 1.24 bits per heavy atom. The molecule has 0 bridgehead atoms. The third-order valence-electron chi connectivity index (χ3n) is 2.35. The van der Waals surface area contributed by atoms with Crippen LogP contribution in [0.2, 0.25) is 5.15 Å². The number of halogens is 1. The molecule has 1 aromatic heterocycles. The first kappa shape index (κ1) is 12.2. The molecule has 0 spiro atoms. The van der Waals surface area contributed by atoms with Gasteiger partial charge in [-0.05, 0) is 31.0 Å². The van der Waals surface area contributed by atoms with E-state index in [1.165, 1.54) is 29.2 Å². The maximum absolute atomic E-state index is 5.86. The van der Waals surface area contributed by atoms with Gasteiger partial charge in [-0.25, -0.2) is 9.97 Å². The van der Waals surface area contributed by atoms with Gasteiger partial charge in [0.25, 0.3) is 0 Å². The lowest BCUT2D eigenvalue weighted by atomic mass is 10.2. The van der Waals surface area contributed by atoms with E-state index >= 15 is 0 Å². The number of nitrogens with two attached hydrogens (primary N) is 1. The van der Waals surface area contributed by atoms with Gasteiger partial charge in [0.2, 0.25) is 0 Å². The smallest absolute Gasteiger partial charge is 0.156 e. The molecule has 0 fully saturated rings. The largest absolute Gasteiger partial charge is 0.394 e. The zero-order chi connectivity index (χ0) is 12.4. The predicted octanol–water partition coefficient (Wildman–Crippen LogP) is 3.48. The molecule has 2 N–H and O–H groups in total.